The predicted molar refractivity (Wildman–Crippen MR) is 61.6 cm³/mol. The second kappa shape index (κ2) is 5.35. The van der Waals surface area contributed by atoms with E-state index in [2.05, 4.69) is 5.32 Å². The average molecular weight is 244 g/mol. The molecule has 1 aliphatic rings. The van der Waals surface area contributed by atoms with Gasteiger partial charge in [0.1, 0.15) is 5.54 Å². The Morgan fingerprint density at radius 3 is 2.59 bits per heavy atom. The Labute approximate surface area is 101 Å². The van der Waals surface area contributed by atoms with Crippen LogP contribution in [0, 0.1) is 5.92 Å². The number of carbonyl (C=O) groups is 2. The van der Waals surface area contributed by atoms with E-state index in [1.54, 1.807) is 11.8 Å². The van der Waals surface area contributed by atoms with E-state index < -0.39 is 11.5 Å². The fraction of sp³-hybridized carbons (Fsp3) is 0.818. The summed E-state index contributed by atoms with van der Waals surface area (Å²) in [5.41, 5.74) is -1.23. The number of carboxylic acids is 1. The lowest BCUT2D eigenvalue weighted by atomic mass is 10.00. The number of nitrogens with one attached hydrogen (secondary N) is 1. The highest BCUT2D eigenvalue weighted by Crippen LogP contribution is 2.17. The average Bonchev–Trinajstić information content (AvgIpc) is 2.77. The summed E-state index contributed by atoms with van der Waals surface area (Å²) >= 11 is 0. The van der Waals surface area contributed by atoms with Gasteiger partial charge in [-0.15, -0.1) is 0 Å². The Morgan fingerprint density at radius 1 is 1.53 bits per heavy atom. The van der Waals surface area contributed by atoms with Gasteiger partial charge in [0.15, 0.2) is 0 Å². The molecule has 2 atom stereocenters. The van der Waals surface area contributed by atoms with Gasteiger partial charge >= 0.3 is 12.0 Å². The maximum absolute atomic E-state index is 11.9. The zero-order valence-corrected chi connectivity index (χ0v) is 10.3. The van der Waals surface area contributed by atoms with Crippen LogP contribution in [0.4, 0.5) is 4.79 Å². The summed E-state index contributed by atoms with van der Waals surface area (Å²) in [7, 11) is 0. The number of nitrogens with zero attached hydrogens (tertiary/aromatic N) is 1. The Morgan fingerprint density at radius 2 is 2.18 bits per heavy atom. The van der Waals surface area contributed by atoms with Gasteiger partial charge in [0, 0.05) is 25.6 Å². The van der Waals surface area contributed by atoms with Crippen molar-refractivity contribution < 1.29 is 19.8 Å². The van der Waals surface area contributed by atoms with Crippen molar-refractivity contribution in [2.24, 2.45) is 5.92 Å². The molecule has 1 fully saturated rings. The molecule has 0 radical (unpaired) electrons. The lowest BCUT2D eigenvalue weighted by Gasteiger charge is -2.28. The number of hydrogen-bond acceptors (Lipinski definition) is 3. The first-order chi connectivity index (χ1) is 7.92. The molecule has 0 aromatic carbocycles. The van der Waals surface area contributed by atoms with E-state index in [4.69, 9.17) is 10.2 Å². The standard InChI is InChI=1S/C11H20N2O4/c1-3-11(2,9(15)16)12-10(17)13-5-4-8(6-13)7-14/h8,14H,3-7H2,1-2H3,(H,12,17)(H,15,16). The number of aliphatic carboxylic acids is 1. The third-order valence-electron chi connectivity index (χ3n) is 3.39. The molecule has 1 aliphatic heterocycles. The van der Waals surface area contributed by atoms with E-state index in [0.717, 1.165) is 6.42 Å². The molecule has 0 bridgehead atoms. The maximum atomic E-state index is 11.9. The minimum Gasteiger partial charge on any atom is -0.480 e. The van der Waals surface area contributed by atoms with Crippen LogP contribution >= 0.6 is 0 Å². The lowest BCUT2D eigenvalue weighted by Crippen LogP contribution is -2.55. The summed E-state index contributed by atoms with van der Waals surface area (Å²) in [6, 6.07) is -0.368. The number of hydrogen-bond donors (Lipinski definition) is 3. The summed E-state index contributed by atoms with van der Waals surface area (Å²) in [5.74, 6) is -0.926. The van der Waals surface area contributed by atoms with E-state index in [9.17, 15) is 9.59 Å². The normalized spacial score (nSPS) is 23.2. The van der Waals surface area contributed by atoms with Crippen LogP contribution in [0.2, 0.25) is 0 Å². The first-order valence-corrected chi connectivity index (χ1v) is 5.84. The van der Waals surface area contributed by atoms with E-state index in [1.807, 2.05) is 0 Å². The Kier molecular flexibility index (Phi) is 4.34. The zero-order chi connectivity index (χ0) is 13.1. The molecule has 1 rings (SSSR count). The molecule has 1 saturated heterocycles. The van der Waals surface area contributed by atoms with Crippen molar-refractivity contribution in [2.75, 3.05) is 19.7 Å². The minimum absolute atomic E-state index is 0.0633. The van der Waals surface area contributed by atoms with E-state index in [0.29, 0.717) is 19.5 Å². The van der Waals surface area contributed by atoms with Crippen LogP contribution in [0.5, 0.6) is 0 Å². The zero-order valence-electron chi connectivity index (χ0n) is 10.3. The molecule has 0 spiro atoms. The van der Waals surface area contributed by atoms with E-state index >= 15 is 0 Å². The van der Waals surface area contributed by atoms with Gasteiger partial charge in [-0.3, -0.25) is 0 Å². The van der Waals surface area contributed by atoms with Crippen molar-refractivity contribution in [3.63, 3.8) is 0 Å². The molecule has 1 heterocycles. The number of urea groups is 1. The number of likely N-dealkylation sites (tertiary alicyclic amines) is 1. The highest BCUT2D eigenvalue weighted by Gasteiger charge is 2.35. The third-order valence-corrected chi connectivity index (χ3v) is 3.39. The number of carbonyl (C=O) groups excluding carboxylic acids is 1. The Bertz CT molecular complexity index is 308. The van der Waals surface area contributed by atoms with Crippen molar-refractivity contribution in [1.82, 2.24) is 10.2 Å². The van der Waals surface area contributed by atoms with Crippen LogP contribution in [-0.4, -0.2) is 52.3 Å². The highest BCUT2D eigenvalue weighted by molar-refractivity contribution is 5.85. The van der Waals surface area contributed by atoms with E-state index in [1.165, 1.54) is 6.92 Å². The van der Waals surface area contributed by atoms with Crippen molar-refractivity contribution in [3.8, 4) is 0 Å². The predicted octanol–water partition coefficient (Wildman–Crippen LogP) is 0.263. The largest absolute Gasteiger partial charge is 0.480 e. The van der Waals surface area contributed by atoms with Gasteiger partial charge in [-0.2, -0.15) is 0 Å². The van der Waals surface area contributed by atoms with Gasteiger partial charge in [-0.25, -0.2) is 9.59 Å². The number of carboxylic acid groups (broad SMARTS) is 1. The molecule has 2 amide bonds. The van der Waals surface area contributed by atoms with Crippen molar-refractivity contribution >= 4 is 12.0 Å². The first-order valence-electron chi connectivity index (χ1n) is 5.84. The SMILES string of the molecule is CCC(C)(NC(=O)N1CCC(CO)C1)C(=O)O. The third kappa shape index (κ3) is 3.09. The fourth-order valence-electron chi connectivity index (χ4n) is 1.77. The second-order valence-electron chi connectivity index (χ2n) is 4.70. The quantitative estimate of drug-likeness (QED) is 0.662. The van der Waals surface area contributed by atoms with Crippen molar-refractivity contribution in [2.45, 2.75) is 32.2 Å². The topological polar surface area (TPSA) is 89.9 Å². The monoisotopic (exact) mass is 244 g/mol. The summed E-state index contributed by atoms with van der Waals surface area (Å²) < 4.78 is 0. The molecule has 98 valence electrons. The molecule has 6 nitrogen and oxygen atoms in total. The summed E-state index contributed by atoms with van der Waals surface area (Å²) in [4.78, 5) is 24.5. The fourth-order valence-corrected chi connectivity index (χ4v) is 1.77. The van der Waals surface area contributed by atoms with E-state index in [-0.39, 0.29) is 18.6 Å². The summed E-state index contributed by atoms with van der Waals surface area (Å²) in [6.45, 7) is 4.33. The molecule has 0 aromatic heterocycles. The Balaban J connectivity index is 2.57. The van der Waals surface area contributed by atoms with Crippen LogP contribution < -0.4 is 5.32 Å². The van der Waals surface area contributed by atoms with Crippen LogP contribution in [0.1, 0.15) is 26.7 Å². The smallest absolute Gasteiger partial charge is 0.329 e. The molecule has 0 aliphatic carbocycles. The molecular formula is C11H20N2O4. The molecule has 3 N–H and O–H groups in total. The molecule has 6 heteroatoms. The summed E-state index contributed by atoms with van der Waals surface area (Å²) in [5, 5.41) is 20.6. The molecule has 0 aromatic rings. The van der Waals surface area contributed by atoms with Gasteiger partial charge in [-0.1, -0.05) is 6.92 Å². The molecule has 0 saturated carbocycles. The lowest BCUT2D eigenvalue weighted by molar-refractivity contribution is -0.143. The highest BCUT2D eigenvalue weighted by atomic mass is 16.4. The van der Waals surface area contributed by atoms with Crippen LogP contribution in [0.15, 0.2) is 0 Å². The first kappa shape index (κ1) is 13.8. The van der Waals surface area contributed by atoms with Gasteiger partial charge < -0.3 is 20.4 Å². The maximum Gasteiger partial charge on any atom is 0.329 e. The van der Waals surface area contributed by atoms with Gasteiger partial charge in [0.05, 0.1) is 0 Å². The molecule has 17 heavy (non-hydrogen) atoms. The number of aliphatic hydroxyl groups excluding tert-OH is 1. The minimum atomic E-state index is -1.23. The molecular weight excluding hydrogens is 224 g/mol. The summed E-state index contributed by atoms with van der Waals surface area (Å²) in [6.07, 6.45) is 1.09. The molecule has 2 unspecified atom stereocenters. The van der Waals surface area contributed by atoms with Crippen LogP contribution in [0.25, 0.3) is 0 Å². The van der Waals surface area contributed by atoms with Gasteiger partial charge in [-0.05, 0) is 19.8 Å². The number of rotatable bonds is 4. The number of aliphatic hydroxyl groups is 1. The van der Waals surface area contributed by atoms with Crippen LogP contribution in [-0.2, 0) is 4.79 Å². The van der Waals surface area contributed by atoms with Crippen molar-refractivity contribution in [3.05, 3.63) is 0 Å². The second-order valence-corrected chi connectivity index (χ2v) is 4.70. The Hall–Kier alpha value is -1.30. The van der Waals surface area contributed by atoms with Gasteiger partial charge in [0.25, 0.3) is 0 Å². The van der Waals surface area contributed by atoms with Crippen LogP contribution in [0.3, 0.4) is 0 Å². The van der Waals surface area contributed by atoms with Gasteiger partial charge in [0.2, 0.25) is 0 Å². The van der Waals surface area contributed by atoms with Crippen molar-refractivity contribution in [1.29, 1.82) is 0 Å². The number of amides is 2.